The molecule has 1 unspecified atom stereocenters. The highest BCUT2D eigenvalue weighted by Gasteiger charge is 2.46. The molecule has 0 saturated carbocycles. The largest absolute Gasteiger partial charge is 0.507 e. The molecule has 34 heavy (non-hydrogen) atoms. The van der Waals surface area contributed by atoms with Crippen LogP contribution in [0.25, 0.3) is 5.76 Å². The number of carbonyl (C=O) groups is 2. The van der Waals surface area contributed by atoms with E-state index in [-0.39, 0.29) is 24.5 Å². The first-order chi connectivity index (χ1) is 16.5. The molecule has 1 atom stereocenters. The normalized spacial score (nSPS) is 19.3. The molecular weight excluding hydrogens is 434 g/mol. The number of hydrogen-bond acceptors (Lipinski definition) is 6. The lowest BCUT2D eigenvalue weighted by Gasteiger charge is -2.26. The van der Waals surface area contributed by atoms with Gasteiger partial charge < -0.3 is 24.2 Å². The summed E-state index contributed by atoms with van der Waals surface area (Å²) < 4.78 is 16.3. The summed E-state index contributed by atoms with van der Waals surface area (Å²) >= 11 is 0. The van der Waals surface area contributed by atoms with E-state index in [4.69, 9.17) is 14.2 Å². The van der Waals surface area contributed by atoms with Gasteiger partial charge >= 0.3 is 0 Å². The Bertz CT molecular complexity index is 1120. The number of benzene rings is 2. The van der Waals surface area contributed by atoms with Gasteiger partial charge in [0.2, 0.25) is 0 Å². The molecule has 0 radical (unpaired) electrons. The molecule has 1 N–H and O–H groups in total. The first kappa shape index (κ1) is 23.8. The number of methoxy groups -OCH3 is 2. The number of aryl methyl sites for hydroxylation is 2. The van der Waals surface area contributed by atoms with E-state index in [2.05, 4.69) is 0 Å². The van der Waals surface area contributed by atoms with E-state index in [0.717, 1.165) is 25.7 Å². The van der Waals surface area contributed by atoms with Crippen LogP contribution >= 0.6 is 0 Å². The Kier molecular flexibility index (Phi) is 7.22. The van der Waals surface area contributed by atoms with Gasteiger partial charge in [-0.05, 0) is 67.5 Å². The third kappa shape index (κ3) is 4.40. The van der Waals surface area contributed by atoms with Crippen LogP contribution in [-0.4, -0.2) is 55.7 Å². The molecule has 1 fully saturated rings. The molecule has 0 bridgehead atoms. The van der Waals surface area contributed by atoms with E-state index in [1.165, 1.54) is 16.0 Å². The number of hydrogen-bond donors (Lipinski definition) is 1. The first-order valence-electron chi connectivity index (χ1n) is 11.7. The molecule has 1 heterocycles. The SMILES string of the molecule is CCOc1cc(C2/C(=C(\O)c3ccc4c(c3)CCCC4)C(=O)C(=O)N2CCOC)ccc1OC. The summed E-state index contributed by atoms with van der Waals surface area (Å²) in [6, 6.07) is 10.3. The second-order valence-electron chi connectivity index (χ2n) is 8.52. The zero-order valence-electron chi connectivity index (χ0n) is 19.9. The number of amides is 1. The number of aliphatic hydroxyl groups excluding tert-OH is 1. The van der Waals surface area contributed by atoms with Crippen LogP contribution in [0, 0.1) is 0 Å². The maximum absolute atomic E-state index is 13.2. The van der Waals surface area contributed by atoms with E-state index >= 15 is 0 Å². The van der Waals surface area contributed by atoms with Crippen molar-refractivity contribution < 1.29 is 28.9 Å². The minimum Gasteiger partial charge on any atom is -0.507 e. The lowest BCUT2D eigenvalue weighted by atomic mass is 9.88. The Morgan fingerprint density at radius 2 is 1.79 bits per heavy atom. The van der Waals surface area contributed by atoms with Gasteiger partial charge in [-0.15, -0.1) is 0 Å². The average Bonchev–Trinajstić information content (AvgIpc) is 3.11. The Morgan fingerprint density at radius 1 is 1.03 bits per heavy atom. The number of fused-ring (bicyclic) bond motifs is 1. The van der Waals surface area contributed by atoms with E-state index in [9.17, 15) is 14.7 Å². The van der Waals surface area contributed by atoms with Crippen molar-refractivity contribution in [3.63, 3.8) is 0 Å². The van der Waals surface area contributed by atoms with Crippen molar-refractivity contribution in [2.45, 2.75) is 38.6 Å². The van der Waals surface area contributed by atoms with Gasteiger partial charge in [0.15, 0.2) is 11.5 Å². The molecule has 7 nitrogen and oxygen atoms in total. The molecule has 4 rings (SSSR count). The smallest absolute Gasteiger partial charge is 0.295 e. The van der Waals surface area contributed by atoms with Crippen molar-refractivity contribution in [1.29, 1.82) is 0 Å². The van der Waals surface area contributed by atoms with Gasteiger partial charge in [0.1, 0.15) is 5.76 Å². The van der Waals surface area contributed by atoms with Gasteiger partial charge in [0, 0.05) is 19.2 Å². The van der Waals surface area contributed by atoms with Crippen LogP contribution in [0.4, 0.5) is 0 Å². The van der Waals surface area contributed by atoms with Crippen molar-refractivity contribution >= 4 is 17.4 Å². The van der Waals surface area contributed by atoms with E-state index < -0.39 is 17.7 Å². The molecule has 1 amide bonds. The number of carbonyl (C=O) groups excluding carboxylic acids is 2. The highest BCUT2D eigenvalue weighted by Crippen LogP contribution is 2.42. The maximum atomic E-state index is 13.2. The highest BCUT2D eigenvalue weighted by atomic mass is 16.5. The topological polar surface area (TPSA) is 85.3 Å². The Balaban J connectivity index is 1.85. The predicted molar refractivity (Wildman–Crippen MR) is 128 cm³/mol. The molecule has 2 aliphatic rings. The second-order valence-corrected chi connectivity index (χ2v) is 8.52. The molecule has 180 valence electrons. The summed E-state index contributed by atoms with van der Waals surface area (Å²) in [7, 11) is 3.09. The average molecular weight is 466 g/mol. The minimum absolute atomic E-state index is 0.0736. The molecule has 7 heteroatoms. The lowest BCUT2D eigenvalue weighted by Crippen LogP contribution is -2.32. The third-order valence-corrected chi connectivity index (χ3v) is 6.50. The van der Waals surface area contributed by atoms with Crippen molar-refractivity contribution in [3.8, 4) is 11.5 Å². The number of ketones is 1. The van der Waals surface area contributed by atoms with Gasteiger partial charge in [0.25, 0.3) is 11.7 Å². The highest BCUT2D eigenvalue weighted by molar-refractivity contribution is 6.46. The van der Waals surface area contributed by atoms with Crippen LogP contribution in [0.5, 0.6) is 11.5 Å². The van der Waals surface area contributed by atoms with E-state index in [1.54, 1.807) is 32.4 Å². The monoisotopic (exact) mass is 465 g/mol. The van der Waals surface area contributed by atoms with Crippen molar-refractivity contribution in [2.24, 2.45) is 0 Å². The molecule has 2 aromatic carbocycles. The van der Waals surface area contributed by atoms with Crippen molar-refractivity contribution in [2.75, 3.05) is 34.0 Å². The van der Waals surface area contributed by atoms with Gasteiger partial charge in [-0.2, -0.15) is 0 Å². The van der Waals surface area contributed by atoms with Crippen LogP contribution in [0.1, 0.15) is 48.1 Å². The van der Waals surface area contributed by atoms with Crippen LogP contribution < -0.4 is 9.47 Å². The predicted octanol–water partition coefficient (Wildman–Crippen LogP) is 4.04. The second kappa shape index (κ2) is 10.3. The van der Waals surface area contributed by atoms with E-state index in [0.29, 0.717) is 29.2 Å². The summed E-state index contributed by atoms with van der Waals surface area (Å²) in [6.45, 7) is 2.77. The molecule has 0 aromatic heterocycles. The number of likely N-dealkylation sites (tertiary alicyclic amines) is 1. The van der Waals surface area contributed by atoms with Gasteiger partial charge in [-0.3, -0.25) is 9.59 Å². The van der Waals surface area contributed by atoms with Gasteiger partial charge in [-0.25, -0.2) is 0 Å². The van der Waals surface area contributed by atoms with E-state index in [1.807, 2.05) is 25.1 Å². The maximum Gasteiger partial charge on any atom is 0.295 e. The summed E-state index contributed by atoms with van der Waals surface area (Å²) in [6.07, 6.45) is 4.22. The molecular formula is C27H31NO6. The molecule has 1 aliphatic heterocycles. The van der Waals surface area contributed by atoms with Crippen LogP contribution in [-0.2, 0) is 27.2 Å². The fraction of sp³-hybridized carbons (Fsp3) is 0.407. The van der Waals surface area contributed by atoms with Crippen LogP contribution in [0.2, 0.25) is 0 Å². The Morgan fingerprint density at radius 3 is 2.50 bits per heavy atom. The zero-order valence-corrected chi connectivity index (χ0v) is 19.9. The Hall–Kier alpha value is -3.32. The standard InChI is InChI=1S/C27H31NO6/c1-4-34-22-16-19(11-12-21(22)33-3)24-23(26(30)27(31)28(24)13-14-32-2)25(29)20-10-9-17-7-5-6-8-18(17)15-20/h9-12,15-16,24,29H,4-8,13-14H2,1-3H3/b25-23+. The molecule has 1 aliphatic carbocycles. The lowest BCUT2D eigenvalue weighted by molar-refractivity contribution is -0.140. The molecule has 2 aromatic rings. The summed E-state index contributed by atoms with van der Waals surface area (Å²) in [5.41, 5.74) is 3.73. The quantitative estimate of drug-likeness (QED) is 0.360. The minimum atomic E-state index is -0.767. The summed E-state index contributed by atoms with van der Waals surface area (Å²) in [4.78, 5) is 27.7. The summed E-state index contributed by atoms with van der Waals surface area (Å²) in [5, 5.41) is 11.4. The fourth-order valence-electron chi connectivity index (χ4n) is 4.81. The molecule has 0 spiro atoms. The third-order valence-electron chi connectivity index (χ3n) is 6.50. The number of Topliss-reactive ketones (excluding diaryl/α,β-unsaturated/α-hetero) is 1. The Labute approximate surface area is 199 Å². The molecule has 1 saturated heterocycles. The number of aliphatic hydroxyl groups is 1. The van der Waals surface area contributed by atoms with Crippen LogP contribution in [0.15, 0.2) is 42.0 Å². The van der Waals surface area contributed by atoms with Crippen molar-refractivity contribution in [3.05, 3.63) is 64.2 Å². The van der Waals surface area contributed by atoms with Crippen LogP contribution in [0.3, 0.4) is 0 Å². The number of rotatable bonds is 8. The fourth-order valence-corrected chi connectivity index (χ4v) is 4.81. The van der Waals surface area contributed by atoms with Crippen molar-refractivity contribution in [1.82, 2.24) is 4.90 Å². The van der Waals surface area contributed by atoms with Gasteiger partial charge in [-0.1, -0.05) is 18.2 Å². The zero-order chi connectivity index (χ0) is 24.2. The number of ether oxygens (including phenoxy) is 3. The number of nitrogens with zero attached hydrogens (tertiary/aromatic N) is 1. The first-order valence-corrected chi connectivity index (χ1v) is 11.7. The van der Waals surface area contributed by atoms with Gasteiger partial charge in [0.05, 0.1) is 31.9 Å². The summed E-state index contributed by atoms with van der Waals surface area (Å²) in [5.74, 6) is -0.464.